The summed E-state index contributed by atoms with van der Waals surface area (Å²) in [6.07, 6.45) is 3.11. The molecule has 2 aliphatic rings. The summed E-state index contributed by atoms with van der Waals surface area (Å²) in [6.45, 7) is 4.14. The van der Waals surface area contributed by atoms with Gasteiger partial charge in [0.2, 0.25) is 0 Å². The van der Waals surface area contributed by atoms with E-state index in [-0.39, 0.29) is 23.0 Å². The molecule has 2 aliphatic carbocycles. The van der Waals surface area contributed by atoms with E-state index in [1.807, 2.05) is 41.8 Å². The minimum absolute atomic E-state index is 0.0433. The number of rotatable bonds is 2. The molecule has 0 radical (unpaired) electrons. The summed E-state index contributed by atoms with van der Waals surface area (Å²) in [7, 11) is 1.74. The lowest BCUT2D eigenvalue weighted by molar-refractivity contribution is -0.124. The van der Waals surface area contributed by atoms with Gasteiger partial charge >= 0.3 is 0 Å². The number of nitrogens with zero attached hydrogens (tertiary/aromatic N) is 6. The minimum atomic E-state index is -0.355. The van der Waals surface area contributed by atoms with Crippen LogP contribution in [-0.2, 0) is 23.7 Å². The number of aliphatic hydroxyl groups is 1. The Labute approximate surface area is 174 Å². The highest BCUT2D eigenvalue weighted by molar-refractivity contribution is 5.98. The first kappa shape index (κ1) is 18.7. The Morgan fingerprint density at radius 1 is 1.27 bits per heavy atom. The van der Waals surface area contributed by atoms with Gasteiger partial charge in [-0.25, -0.2) is 4.98 Å². The maximum atomic E-state index is 12.7. The molecule has 1 fully saturated rings. The van der Waals surface area contributed by atoms with E-state index in [0.29, 0.717) is 17.9 Å². The maximum absolute atomic E-state index is 12.7. The number of hydrogen-bond donors (Lipinski definition) is 1. The van der Waals surface area contributed by atoms with E-state index >= 15 is 0 Å². The first-order valence-electron chi connectivity index (χ1n) is 10.2. The van der Waals surface area contributed by atoms with E-state index < -0.39 is 0 Å². The van der Waals surface area contributed by atoms with Gasteiger partial charge in [0.1, 0.15) is 5.82 Å². The van der Waals surface area contributed by atoms with Crippen LogP contribution in [0.3, 0.4) is 0 Å². The number of allylic oxidation sites excluding steroid dienone is 1. The number of aryl methyl sites for hydroxylation is 1. The third-order valence-electron chi connectivity index (χ3n) is 6.80. The van der Waals surface area contributed by atoms with Crippen LogP contribution >= 0.6 is 0 Å². The number of hydrogen-bond acceptors (Lipinski definition) is 6. The number of tetrazole rings is 1. The van der Waals surface area contributed by atoms with E-state index in [9.17, 15) is 9.90 Å². The number of benzene rings is 1. The minimum Gasteiger partial charge on any atom is -0.515 e. The molecule has 2 aromatic heterocycles. The number of Topliss-reactive ketones (excluding diaryl/α,β-unsaturated/α-hetero) is 1. The third kappa shape index (κ3) is 2.56. The molecule has 0 bridgehead atoms. The summed E-state index contributed by atoms with van der Waals surface area (Å²) >= 11 is 0. The van der Waals surface area contributed by atoms with Crippen molar-refractivity contribution in [2.24, 2.45) is 18.9 Å². The van der Waals surface area contributed by atoms with E-state index in [2.05, 4.69) is 22.3 Å². The van der Waals surface area contributed by atoms with Gasteiger partial charge in [-0.15, -0.1) is 5.10 Å². The standard InChI is InChI=1S/C22H24N6O2/c1-13-16-9-10-17-19(22(16,2)11-15(12-29)18(13)30)23-20(14-7-5-4-6-8-14)28(17)21-24-26-27(3)25-21/h4-8,12-13,16,29H,9-11H2,1-3H3/b15-12-/t13-,16-,22-/m0/s1. The second-order valence-corrected chi connectivity index (χ2v) is 8.56. The second kappa shape index (κ2) is 6.62. The highest BCUT2D eigenvalue weighted by Gasteiger charge is 2.52. The van der Waals surface area contributed by atoms with Crippen LogP contribution < -0.4 is 0 Å². The Balaban J connectivity index is 1.75. The zero-order chi connectivity index (χ0) is 21.0. The van der Waals surface area contributed by atoms with Gasteiger partial charge in [-0.3, -0.25) is 9.36 Å². The number of carbonyl (C=O) groups is 1. The van der Waals surface area contributed by atoms with E-state index in [4.69, 9.17) is 4.98 Å². The molecular weight excluding hydrogens is 380 g/mol. The largest absolute Gasteiger partial charge is 0.515 e. The van der Waals surface area contributed by atoms with Crippen LogP contribution in [0.4, 0.5) is 0 Å². The van der Waals surface area contributed by atoms with Crippen LogP contribution in [0.2, 0.25) is 0 Å². The average Bonchev–Trinajstić information content (AvgIpc) is 3.35. The van der Waals surface area contributed by atoms with Gasteiger partial charge in [0, 0.05) is 22.5 Å². The molecule has 5 rings (SSSR count). The third-order valence-corrected chi connectivity index (χ3v) is 6.80. The Hall–Kier alpha value is -3.29. The van der Waals surface area contributed by atoms with Crippen molar-refractivity contribution in [3.8, 4) is 17.3 Å². The molecule has 1 saturated carbocycles. The Bertz CT molecular complexity index is 1160. The van der Waals surface area contributed by atoms with Gasteiger partial charge < -0.3 is 5.11 Å². The number of imidazole rings is 1. The van der Waals surface area contributed by atoms with Crippen molar-refractivity contribution in [3.63, 3.8) is 0 Å². The molecule has 3 aromatic rings. The van der Waals surface area contributed by atoms with Crippen LogP contribution in [-0.4, -0.2) is 40.6 Å². The highest BCUT2D eigenvalue weighted by Crippen LogP contribution is 2.53. The predicted octanol–water partition coefficient (Wildman–Crippen LogP) is 2.93. The zero-order valence-electron chi connectivity index (χ0n) is 17.3. The fraction of sp³-hybridized carbons (Fsp3) is 0.409. The summed E-state index contributed by atoms with van der Waals surface area (Å²) < 4.78 is 2.00. The zero-order valence-corrected chi connectivity index (χ0v) is 17.3. The van der Waals surface area contributed by atoms with Crippen molar-refractivity contribution in [2.75, 3.05) is 0 Å². The van der Waals surface area contributed by atoms with E-state index in [0.717, 1.165) is 41.9 Å². The average molecular weight is 404 g/mol. The molecule has 0 spiro atoms. The van der Waals surface area contributed by atoms with Crippen LogP contribution in [0, 0.1) is 11.8 Å². The molecule has 0 saturated heterocycles. The molecule has 2 heterocycles. The summed E-state index contributed by atoms with van der Waals surface area (Å²) in [6, 6.07) is 9.98. The normalized spacial score (nSPS) is 27.2. The van der Waals surface area contributed by atoms with E-state index in [1.54, 1.807) is 7.05 Å². The summed E-state index contributed by atoms with van der Waals surface area (Å²) in [5.41, 5.74) is 3.11. The monoisotopic (exact) mass is 404 g/mol. The van der Waals surface area contributed by atoms with Crippen LogP contribution in [0.5, 0.6) is 0 Å². The first-order valence-corrected chi connectivity index (χ1v) is 10.2. The second-order valence-electron chi connectivity index (χ2n) is 8.56. The van der Waals surface area contributed by atoms with Crippen molar-refractivity contribution in [1.29, 1.82) is 0 Å². The molecule has 8 nitrogen and oxygen atoms in total. The molecular formula is C22H24N6O2. The smallest absolute Gasteiger partial charge is 0.276 e. The Morgan fingerprint density at radius 2 is 2.03 bits per heavy atom. The van der Waals surface area contributed by atoms with Crippen LogP contribution in [0.1, 0.15) is 38.1 Å². The Morgan fingerprint density at radius 3 is 2.70 bits per heavy atom. The van der Waals surface area contributed by atoms with Crippen LogP contribution in [0.15, 0.2) is 42.2 Å². The number of fused-ring (bicyclic) bond motifs is 3. The SMILES string of the molecule is C[C@@H]1C(=O)/C(=C\O)C[C@]2(C)c3nc(-c4ccccc4)n(-c4nnn(C)n4)c3CC[C@@H]12. The quantitative estimate of drug-likeness (QED) is 0.521. The molecule has 1 aromatic carbocycles. The Kier molecular flexibility index (Phi) is 4.13. The van der Waals surface area contributed by atoms with Crippen LogP contribution in [0.25, 0.3) is 17.3 Å². The van der Waals surface area contributed by atoms with Crippen molar-refractivity contribution < 1.29 is 9.90 Å². The number of aliphatic hydroxyl groups excluding tert-OH is 1. The van der Waals surface area contributed by atoms with Gasteiger partial charge in [0.05, 0.1) is 24.7 Å². The lowest BCUT2D eigenvalue weighted by atomic mass is 9.56. The van der Waals surface area contributed by atoms with E-state index in [1.165, 1.54) is 4.80 Å². The van der Waals surface area contributed by atoms with Gasteiger partial charge in [-0.05, 0) is 30.4 Å². The molecule has 3 atom stereocenters. The molecule has 30 heavy (non-hydrogen) atoms. The van der Waals surface area contributed by atoms with Crippen molar-refractivity contribution in [2.45, 2.75) is 38.5 Å². The first-order chi connectivity index (χ1) is 14.4. The molecule has 0 unspecified atom stereocenters. The van der Waals surface area contributed by atoms with Crippen molar-refractivity contribution in [1.82, 2.24) is 29.8 Å². The van der Waals surface area contributed by atoms with Crippen molar-refractivity contribution >= 4 is 5.78 Å². The number of aromatic nitrogens is 6. The van der Waals surface area contributed by atoms with Gasteiger partial charge in [0.25, 0.3) is 5.95 Å². The molecule has 154 valence electrons. The number of carbonyl (C=O) groups excluding carboxylic acids is 1. The topological polar surface area (TPSA) is 98.7 Å². The molecule has 0 aliphatic heterocycles. The van der Waals surface area contributed by atoms with Gasteiger partial charge in [-0.1, -0.05) is 49.3 Å². The highest BCUT2D eigenvalue weighted by atomic mass is 16.2. The van der Waals surface area contributed by atoms with Gasteiger partial charge in [0.15, 0.2) is 5.78 Å². The fourth-order valence-corrected chi connectivity index (χ4v) is 5.37. The fourth-order valence-electron chi connectivity index (χ4n) is 5.37. The molecule has 8 heteroatoms. The maximum Gasteiger partial charge on any atom is 0.276 e. The van der Waals surface area contributed by atoms with Crippen molar-refractivity contribution in [3.05, 3.63) is 53.6 Å². The summed E-state index contributed by atoms with van der Waals surface area (Å²) in [5, 5.41) is 22.4. The van der Waals surface area contributed by atoms with Gasteiger partial charge in [-0.2, -0.15) is 4.80 Å². The summed E-state index contributed by atoms with van der Waals surface area (Å²) in [5.74, 6) is 1.32. The lowest BCUT2D eigenvalue weighted by Crippen LogP contribution is -2.48. The molecule has 1 N–H and O–H groups in total. The predicted molar refractivity (Wildman–Crippen MR) is 110 cm³/mol. The molecule has 0 amide bonds. The summed E-state index contributed by atoms with van der Waals surface area (Å²) in [4.78, 5) is 19.3. The number of ketones is 1. The lowest BCUT2D eigenvalue weighted by Gasteiger charge is -2.47.